The van der Waals surface area contributed by atoms with Crippen LogP contribution in [-0.4, -0.2) is 84.2 Å². The lowest BCUT2D eigenvalue weighted by Crippen LogP contribution is -2.47. The van der Waals surface area contributed by atoms with E-state index in [-0.39, 0.29) is 29.2 Å². The maximum absolute atomic E-state index is 15.7. The van der Waals surface area contributed by atoms with Crippen LogP contribution in [0.25, 0.3) is 11.1 Å². The third-order valence-corrected chi connectivity index (χ3v) is 7.70. The molecule has 1 fully saturated rings. The molecule has 0 saturated carbocycles. The highest BCUT2D eigenvalue weighted by atomic mass is 19.4. The molecule has 13 heteroatoms. The Morgan fingerprint density at radius 1 is 1.24 bits per heavy atom. The highest BCUT2D eigenvalue weighted by Gasteiger charge is 2.44. The van der Waals surface area contributed by atoms with Gasteiger partial charge in [-0.2, -0.15) is 13.2 Å². The van der Waals surface area contributed by atoms with Crippen LogP contribution in [0.15, 0.2) is 45.6 Å². The van der Waals surface area contributed by atoms with E-state index in [9.17, 15) is 27.2 Å². The van der Waals surface area contributed by atoms with Gasteiger partial charge in [0.1, 0.15) is 23.5 Å². The molecular weight excluding hydrogens is 563 g/mol. The predicted molar refractivity (Wildman–Crippen MR) is 144 cm³/mol. The summed E-state index contributed by atoms with van der Waals surface area (Å²) in [6.45, 7) is 1.66. The van der Waals surface area contributed by atoms with Gasteiger partial charge in [-0.3, -0.25) is 19.6 Å². The van der Waals surface area contributed by atoms with E-state index in [2.05, 4.69) is 4.98 Å². The number of aromatic nitrogens is 1. The van der Waals surface area contributed by atoms with Crippen LogP contribution < -0.4 is 10.5 Å². The second kappa shape index (κ2) is 11.5. The monoisotopic (exact) mass is 594 g/mol. The number of nitrogens with one attached hydrogen (secondary N) is 1. The second-order valence-corrected chi connectivity index (χ2v) is 11.0. The molecule has 2 aromatic carbocycles. The van der Waals surface area contributed by atoms with E-state index in [1.807, 2.05) is 4.90 Å². The van der Waals surface area contributed by atoms with Gasteiger partial charge in [-0.15, -0.1) is 0 Å². The average molecular weight is 595 g/mol. The number of H-pyrrole nitrogens is 1. The number of nitrogens with zero attached hydrogens (tertiary/aromatic N) is 3. The molecule has 0 unspecified atom stereocenters. The van der Waals surface area contributed by atoms with Gasteiger partial charge in [0.2, 0.25) is 5.91 Å². The van der Waals surface area contributed by atoms with E-state index in [1.54, 1.807) is 27.1 Å². The fourth-order valence-electron chi connectivity index (χ4n) is 5.79. The van der Waals surface area contributed by atoms with Crippen LogP contribution in [0.5, 0.6) is 5.75 Å². The summed E-state index contributed by atoms with van der Waals surface area (Å²) in [5.74, 6) is -3.04. The molecule has 0 aliphatic carbocycles. The van der Waals surface area contributed by atoms with Crippen molar-refractivity contribution in [3.8, 4) is 5.75 Å². The van der Waals surface area contributed by atoms with Gasteiger partial charge in [0, 0.05) is 63.5 Å². The number of benzene rings is 2. The van der Waals surface area contributed by atoms with Crippen molar-refractivity contribution >= 4 is 17.0 Å². The van der Waals surface area contributed by atoms with Gasteiger partial charge >= 0.3 is 11.9 Å². The van der Waals surface area contributed by atoms with Crippen molar-refractivity contribution in [3.05, 3.63) is 75.3 Å². The summed E-state index contributed by atoms with van der Waals surface area (Å²) in [5, 5.41) is 0. The zero-order valence-corrected chi connectivity index (χ0v) is 23.3. The van der Waals surface area contributed by atoms with Crippen molar-refractivity contribution < 1.29 is 35.9 Å². The maximum Gasteiger partial charge on any atom is 0.417 e. The molecule has 2 aliphatic heterocycles. The zero-order valence-electron chi connectivity index (χ0n) is 23.3. The summed E-state index contributed by atoms with van der Waals surface area (Å²) >= 11 is 0. The molecule has 1 aromatic heterocycles. The molecule has 0 spiro atoms. The highest BCUT2D eigenvalue weighted by molar-refractivity contribution is 5.87. The smallest absolute Gasteiger partial charge is 0.417 e. The van der Waals surface area contributed by atoms with E-state index in [4.69, 9.17) is 9.15 Å². The summed E-state index contributed by atoms with van der Waals surface area (Å²) in [6, 6.07) is 2.62. The number of likely N-dealkylation sites (tertiary alicyclic amines) is 1. The van der Waals surface area contributed by atoms with Gasteiger partial charge in [0.25, 0.3) is 0 Å². The average Bonchev–Trinajstić information content (AvgIpc) is 3.49. The number of aromatic amines is 1. The Morgan fingerprint density at radius 3 is 2.71 bits per heavy atom. The first kappa shape index (κ1) is 29.8. The van der Waals surface area contributed by atoms with Gasteiger partial charge in [0.05, 0.1) is 23.7 Å². The Bertz CT molecular complexity index is 1560. The van der Waals surface area contributed by atoms with Crippen molar-refractivity contribution in [2.45, 2.75) is 44.1 Å². The Kier molecular flexibility index (Phi) is 8.17. The fraction of sp³-hybridized carbons (Fsp3) is 0.448. The zero-order chi connectivity index (χ0) is 30.3. The lowest BCUT2D eigenvalue weighted by atomic mass is 9.84. The topological polar surface area (TPSA) is 82.0 Å². The number of hydrogen-bond donors (Lipinski definition) is 1. The van der Waals surface area contributed by atoms with Gasteiger partial charge in [-0.25, -0.2) is 13.6 Å². The Hall–Kier alpha value is -3.71. The molecule has 8 nitrogen and oxygen atoms in total. The number of alkyl halides is 3. The molecule has 42 heavy (non-hydrogen) atoms. The molecule has 0 bridgehead atoms. The van der Waals surface area contributed by atoms with Gasteiger partial charge in [-0.05, 0) is 31.4 Å². The number of likely N-dealkylation sites (N-methyl/N-ethyl adjacent to an activating group) is 1. The number of carbonyl (C=O) groups is 1. The number of rotatable bonds is 7. The van der Waals surface area contributed by atoms with Gasteiger partial charge in [0.15, 0.2) is 5.58 Å². The first-order valence-electron chi connectivity index (χ1n) is 13.5. The van der Waals surface area contributed by atoms with Crippen LogP contribution in [0.2, 0.25) is 0 Å². The van der Waals surface area contributed by atoms with Crippen LogP contribution in [0.1, 0.15) is 36.1 Å². The van der Waals surface area contributed by atoms with E-state index in [0.717, 1.165) is 11.0 Å². The molecule has 3 aromatic rings. The normalized spacial score (nSPS) is 21.8. The predicted octanol–water partition coefficient (Wildman–Crippen LogP) is 4.40. The van der Waals surface area contributed by atoms with Gasteiger partial charge in [-0.1, -0.05) is 12.1 Å². The van der Waals surface area contributed by atoms with Crippen molar-refractivity contribution in [1.29, 1.82) is 0 Å². The molecule has 2 aliphatic rings. The first-order valence-corrected chi connectivity index (χ1v) is 13.5. The molecule has 3 heterocycles. The van der Waals surface area contributed by atoms with E-state index < -0.39 is 48.3 Å². The van der Waals surface area contributed by atoms with Crippen LogP contribution in [-0.2, 0) is 11.2 Å². The minimum absolute atomic E-state index is 0.112. The van der Waals surface area contributed by atoms with Crippen molar-refractivity contribution in [1.82, 2.24) is 19.7 Å². The first-order chi connectivity index (χ1) is 19.8. The number of hydrogen-bond acceptors (Lipinski definition) is 6. The Morgan fingerprint density at radius 2 is 2.00 bits per heavy atom. The molecule has 1 N–H and O–H groups in total. The molecular formula is C29H31F5N4O4. The number of halogens is 5. The summed E-state index contributed by atoms with van der Waals surface area (Å²) in [7, 11) is 3.28. The van der Waals surface area contributed by atoms with Crippen molar-refractivity contribution in [2.24, 2.45) is 0 Å². The standard InChI is InChI=1S/C29H31F5N4O4/c1-16-11-20-19(6-7-22-27(20)42-28(40)35-22)26(38(16)15-29(32,33)34)25-21(31)12-17(30)13-23(25)41-18-8-10-37(14-18)9-4-5-24(39)36(2)3/h4-7,12-13,16,18,26H,8-11,14-15H2,1-3H3,(H,35,40)/b5-4+/t16-,18+,26+/m1/s1. The van der Waals surface area contributed by atoms with Crippen molar-refractivity contribution in [3.63, 3.8) is 0 Å². The third-order valence-electron chi connectivity index (χ3n) is 7.70. The number of oxazole rings is 1. The number of ether oxygens (including phenoxy) is 1. The SMILES string of the molecule is C[C@@H]1Cc2c(ccc3[nH]c(=O)oc23)[C@@H](c2c(F)cc(F)cc2O[C@H]2CCN(C/C=C/C(=O)N(C)C)C2)N1CC(F)(F)F. The molecule has 1 saturated heterocycles. The molecule has 3 atom stereocenters. The lowest BCUT2D eigenvalue weighted by molar-refractivity contribution is -0.155. The Balaban J connectivity index is 1.52. The quantitative estimate of drug-likeness (QED) is 0.323. The van der Waals surface area contributed by atoms with Crippen LogP contribution in [0.3, 0.4) is 0 Å². The van der Waals surface area contributed by atoms with E-state index >= 15 is 4.39 Å². The minimum atomic E-state index is -4.61. The van der Waals surface area contributed by atoms with E-state index in [1.165, 1.54) is 23.1 Å². The van der Waals surface area contributed by atoms with Crippen LogP contribution in [0.4, 0.5) is 22.0 Å². The van der Waals surface area contributed by atoms with Gasteiger partial charge < -0.3 is 14.1 Å². The second-order valence-electron chi connectivity index (χ2n) is 11.0. The summed E-state index contributed by atoms with van der Waals surface area (Å²) in [5.41, 5.74) is 1.13. The summed E-state index contributed by atoms with van der Waals surface area (Å²) < 4.78 is 83.3. The largest absolute Gasteiger partial charge is 0.488 e. The van der Waals surface area contributed by atoms with E-state index in [0.29, 0.717) is 48.8 Å². The number of amides is 1. The molecule has 0 radical (unpaired) electrons. The number of fused-ring (bicyclic) bond motifs is 3. The van der Waals surface area contributed by atoms with Crippen molar-refractivity contribution in [2.75, 3.05) is 40.3 Å². The maximum atomic E-state index is 15.7. The third kappa shape index (κ3) is 6.21. The summed E-state index contributed by atoms with van der Waals surface area (Å²) in [6.07, 6.45) is -1.32. The molecule has 226 valence electrons. The summed E-state index contributed by atoms with van der Waals surface area (Å²) in [4.78, 5) is 30.8. The fourth-order valence-corrected chi connectivity index (χ4v) is 5.79. The van der Waals surface area contributed by atoms with Crippen LogP contribution >= 0.6 is 0 Å². The highest BCUT2D eigenvalue weighted by Crippen LogP contribution is 2.46. The Labute approximate surface area is 238 Å². The molecule has 5 rings (SSSR count). The molecule has 1 amide bonds. The number of carbonyl (C=O) groups excluding carboxylic acids is 1. The minimum Gasteiger partial charge on any atom is -0.488 e. The lowest BCUT2D eigenvalue weighted by Gasteiger charge is -2.42. The van der Waals surface area contributed by atoms with Crippen LogP contribution in [0, 0.1) is 11.6 Å².